The van der Waals surface area contributed by atoms with Crippen LogP contribution in [0.25, 0.3) is 0 Å². The van der Waals surface area contributed by atoms with E-state index < -0.39 is 10.8 Å². The molecule has 0 aromatic carbocycles. The van der Waals surface area contributed by atoms with Crippen LogP contribution in [0.5, 0.6) is 0 Å². The Hall–Kier alpha value is 0.110. The summed E-state index contributed by atoms with van der Waals surface area (Å²) < 4.78 is 11.3. The van der Waals surface area contributed by atoms with Gasteiger partial charge in [-0.2, -0.15) is 0 Å². The molecule has 0 spiro atoms. The molecule has 0 bridgehead atoms. The van der Waals surface area contributed by atoms with Crippen molar-refractivity contribution in [1.29, 1.82) is 0 Å². The molecule has 1 aliphatic carbocycles. The summed E-state index contributed by atoms with van der Waals surface area (Å²) in [4.78, 5) is 2.52. The molecule has 1 aliphatic heterocycles. The fourth-order valence-electron chi connectivity index (χ4n) is 2.12. The minimum Gasteiger partial charge on any atom is -0.299 e. The molecule has 4 unspecified atom stereocenters. The lowest BCUT2D eigenvalue weighted by Crippen LogP contribution is -2.45. The second kappa shape index (κ2) is 3.70. The number of rotatable bonds is 2. The first-order chi connectivity index (χ1) is 6.16. The number of hydrogen-bond donors (Lipinski definition) is 0. The van der Waals surface area contributed by atoms with E-state index in [1.165, 1.54) is 13.0 Å². The Labute approximate surface area is 83.1 Å². The summed E-state index contributed by atoms with van der Waals surface area (Å²) in [7, 11) is -0.536. The fraction of sp³-hybridized carbons (Fsp3) is 1.00. The van der Waals surface area contributed by atoms with Gasteiger partial charge in [-0.15, -0.1) is 0 Å². The Bertz CT molecular complexity index is 219. The summed E-state index contributed by atoms with van der Waals surface area (Å²) >= 11 is 0. The van der Waals surface area contributed by atoms with Crippen LogP contribution in [0.2, 0.25) is 0 Å². The van der Waals surface area contributed by atoms with E-state index >= 15 is 0 Å². The highest BCUT2D eigenvalue weighted by molar-refractivity contribution is 7.85. The molecule has 1 saturated carbocycles. The average molecular weight is 201 g/mol. The average Bonchev–Trinajstić information content (AvgIpc) is 2.73. The van der Waals surface area contributed by atoms with Crippen LogP contribution in [0.1, 0.15) is 20.3 Å². The lowest BCUT2D eigenvalue weighted by atomic mass is 10.2. The van der Waals surface area contributed by atoms with Gasteiger partial charge in [-0.05, 0) is 25.2 Å². The van der Waals surface area contributed by atoms with Crippen LogP contribution in [-0.4, -0.2) is 39.7 Å². The van der Waals surface area contributed by atoms with E-state index in [4.69, 9.17) is 0 Å². The van der Waals surface area contributed by atoms with Crippen molar-refractivity contribution in [3.8, 4) is 0 Å². The van der Waals surface area contributed by atoms with E-state index in [1.807, 2.05) is 0 Å². The van der Waals surface area contributed by atoms with Crippen molar-refractivity contribution in [2.24, 2.45) is 11.8 Å². The summed E-state index contributed by atoms with van der Waals surface area (Å²) in [6.07, 6.45) is 1.41. The molecule has 0 radical (unpaired) electrons. The SMILES string of the molecule is CC1CC1CN1CCS(=O)CC1C. The molecule has 13 heavy (non-hydrogen) atoms. The minimum atomic E-state index is -0.536. The molecule has 2 rings (SSSR count). The van der Waals surface area contributed by atoms with Gasteiger partial charge in [0.25, 0.3) is 0 Å². The largest absolute Gasteiger partial charge is 0.299 e. The van der Waals surface area contributed by atoms with Gasteiger partial charge in [0, 0.05) is 41.4 Å². The molecule has 0 amide bonds. The molecule has 3 heteroatoms. The second-order valence-corrected chi connectivity index (χ2v) is 6.25. The zero-order valence-corrected chi connectivity index (χ0v) is 9.35. The molecule has 2 fully saturated rings. The molecule has 2 aliphatic rings. The van der Waals surface area contributed by atoms with Gasteiger partial charge in [0.2, 0.25) is 0 Å². The fourth-order valence-corrected chi connectivity index (χ4v) is 3.48. The molecule has 0 aromatic heterocycles. The maximum absolute atomic E-state index is 11.3. The second-order valence-electron chi connectivity index (χ2n) is 4.63. The first-order valence-electron chi connectivity index (χ1n) is 5.26. The van der Waals surface area contributed by atoms with Gasteiger partial charge in [0.1, 0.15) is 0 Å². The van der Waals surface area contributed by atoms with Crippen LogP contribution in [0.4, 0.5) is 0 Å². The Morgan fingerprint density at radius 2 is 2.15 bits per heavy atom. The van der Waals surface area contributed by atoms with Gasteiger partial charge in [0.15, 0.2) is 0 Å². The van der Waals surface area contributed by atoms with E-state index in [1.54, 1.807) is 0 Å². The van der Waals surface area contributed by atoms with E-state index in [2.05, 4.69) is 18.7 Å². The molecular formula is C10H19NOS. The summed E-state index contributed by atoms with van der Waals surface area (Å²) in [6, 6.07) is 0.544. The molecule has 4 atom stereocenters. The van der Waals surface area contributed by atoms with Gasteiger partial charge >= 0.3 is 0 Å². The van der Waals surface area contributed by atoms with Gasteiger partial charge in [-0.25, -0.2) is 0 Å². The maximum atomic E-state index is 11.3. The van der Waals surface area contributed by atoms with Gasteiger partial charge in [0.05, 0.1) is 0 Å². The topological polar surface area (TPSA) is 20.3 Å². The zero-order chi connectivity index (χ0) is 9.42. The number of nitrogens with zero attached hydrogens (tertiary/aromatic N) is 1. The van der Waals surface area contributed by atoms with Gasteiger partial charge in [-0.1, -0.05) is 6.92 Å². The highest BCUT2D eigenvalue weighted by Gasteiger charge is 2.35. The Kier molecular flexibility index (Phi) is 2.75. The van der Waals surface area contributed by atoms with Crippen molar-refractivity contribution in [3.05, 3.63) is 0 Å². The summed E-state index contributed by atoms with van der Waals surface area (Å²) in [5.41, 5.74) is 0. The molecule has 0 N–H and O–H groups in total. The number of hydrogen-bond acceptors (Lipinski definition) is 2. The van der Waals surface area contributed by atoms with Crippen LogP contribution in [0.15, 0.2) is 0 Å². The highest BCUT2D eigenvalue weighted by Crippen LogP contribution is 2.38. The first kappa shape index (κ1) is 9.66. The van der Waals surface area contributed by atoms with Crippen molar-refractivity contribution in [2.75, 3.05) is 24.6 Å². The smallest absolute Gasteiger partial charge is 0.0388 e. The quantitative estimate of drug-likeness (QED) is 0.667. The van der Waals surface area contributed by atoms with E-state index in [0.717, 1.165) is 29.9 Å². The van der Waals surface area contributed by atoms with Gasteiger partial charge < -0.3 is 0 Å². The predicted octanol–water partition coefficient (Wildman–Crippen LogP) is 1.10. The van der Waals surface area contributed by atoms with Crippen LogP contribution >= 0.6 is 0 Å². The van der Waals surface area contributed by atoms with Gasteiger partial charge in [-0.3, -0.25) is 9.11 Å². The third-order valence-electron chi connectivity index (χ3n) is 3.40. The Balaban J connectivity index is 1.82. The summed E-state index contributed by atoms with van der Waals surface area (Å²) in [5, 5.41) is 0. The lowest BCUT2D eigenvalue weighted by Gasteiger charge is -2.32. The van der Waals surface area contributed by atoms with Crippen molar-refractivity contribution < 1.29 is 4.21 Å². The monoisotopic (exact) mass is 201 g/mol. The van der Waals surface area contributed by atoms with E-state index in [-0.39, 0.29) is 0 Å². The molecule has 1 saturated heterocycles. The third kappa shape index (κ3) is 2.32. The normalized spacial score (nSPS) is 46.3. The first-order valence-corrected chi connectivity index (χ1v) is 6.74. The van der Waals surface area contributed by atoms with E-state index in [9.17, 15) is 4.21 Å². The zero-order valence-electron chi connectivity index (χ0n) is 8.53. The minimum absolute atomic E-state index is 0.536. The maximum Gasteiger partial charge on any atom is 0.0388 e. The van der Waals surface area contributed by atoms with Crippen LogP contribution in [-0.2, 0) is 10.8 Å². The Morgan fingerprint density at radius 1 is 1.46 bits per heavy atom. The van der Waals surface area contributed by atoms with Crippen molar-refractivity contribution in [2.45, 2.75) is 26.3 Å². The van der Waals surface area contributed by atoms with Crippen molar-refractivity contribution in [1.82, 2.24) is 4.90 Å². The molecule has 1 heterocycles. The molecule has 76 valence electrons. The molecular weight excluding hydrogens is 182 g/mol. The van der Waals surface area contributed by atoms with Crippen LogP contribution in [0.3, 0.4) is 0 Å². The van der Waals surface area contributed by atoms with Crippen LogP contribution < -0.4 is 0 Å². The standard InChI is InChI=1S/C10H19NOS/c1-8-5-10(8)6-11-3-4-13(12)7-9(11)2/h8-10H,3-7H2,1-2H3. The van der Waals surface area contributed by atoms with Crippen molar-refractivity contribution in [3.63, 3.8) is 0 Å². The lowest BCUT2D eigenvalue weighted by molar-refractivity contribution is 0.217. The highest BCUT2D eigenvalue weighted by atomic mass is 32.2. The summed E-state index contributed by atoms with van der Waals surface area (Å²) in [5.74, 6) is 3.67. The third-order valence-corrected chi connectivity index (χ3v) is 4.89. The Morgan fingerprint density at radius 3 is 2.69 bits per heavy atom. The molecule has 2 nitrogen and oxygen atoms in total. The molecule has 0 aromatic rings. The predicted molar refractivity (Wildman–Crippen MR) is 56.2 cm³/mol. The summed E-state index contributed by atoms with van der Waals surface area (Å²) in [6.45, 7) is 6.85. The van der Waals surface area contributed by atoms with Crippen LogP contribution in [0, 0.1) is 11.8 Å². The van der Waals surface area contributed by atoms with Crippen molar-refractivity contribution >= 4 is 10.8 Å². The van der Waals surface area contributed by atoms with E-state index in [0.29, 0.717) is 6.04 Å².